The van der Waals surface area contributed by atoms with Crippen LogP contribution in [0.4, 0.5) is 8.78 Å². The number of alkyl halides is 2. The Balaban J connectivity index is 2.01. The summed E-state index contributed by atoms with van der Waals surface area (Å²) in [5.41, 5.74) is 6.86. The molecular weight excluding hydrogens is 212 g/mol. The molecule has 1 atom stereocenters. The van der Waals surface area contributed by atoms with Crippen LogP contribution in [-0.2, 0) is 0 Å². The van der Waals surface area contributed by atoms with Crippen LogP contribution in [-0.4, -0.2) is 6.61 Å². The number of rotatable bonds is 5. The quantitative estimate of drug-likeness (QED) is 0.838. The number of ether oxygens (including phenoxy) is 1. The van der Waals surface area contributed by atoms with Crippen LogP contribution in [0.5, 0.6) is 5.75 Å². The van der Waals surface area contributed by atoms with E-state index in [1.54, 1.807) is 12.1 Å². The summed E-state index contributed by atoms with van der Waals surface area (Å²) in [7, 11) is 0. The van der Waals surface area contributed by atoms with Gasteiger partial charge in [-0.2, -0.15) is 8.78 Å². The first-order valence-electron chi connectivity index (χ1n) is 5.45. The van der Waals surface area contributed by atoms with Crippen molar-refractivity contribution >= 4 is 0 Å². The molecule has 0 amide bonds. The van der Waals surface area contributed by atoms with Gasteiger partial charge < -0.3 is 10.5 Å². The highest BCUT2D eigenvalue weighted by Gasteiger charge is 2.24. The van der Waals surface area contributed by atoms with Gasteiger partial charge in [0.1, 0.15) is 5.75 Å². The lowest BCUT2D eigenvalue weighted by molar-refractivity contribution is -0.0499. The highest BCUT2D eigenvalue weighted by molar-refractivity contribution is 5.30. The Kier molecular flexibility index (Phi) is 3.39. The van der Waals surface area contributed by atoms with E-state index >= 15 is 0 Å². The fraction of sp³-hybridized carbons (Fsp3) is 0.500. The molecule has 0 aromatic heterocycles. The molecule has 4 heteroatoms. The second-order valence-electron chi connectivity index (χ2n) is 4.24. The molecule has 2 rings (SSSR count). The summed E-state index contributed by atoms with van der Waals surface area (Å²) in [6, 6.07) is 6.58. The van der Waals surface area contributed by atoms with Crippen molar-refractivity contribution in [1.82, 2.24) is 0 Å². The van der Waals surface area contributed by atoms with Crippen LogP contribution in [0.25, 0.3) is 0 Å². The number of hydrogen-bond acceptors (Lipinski definition) is 2. The van der Waals surface area contributed by atoms with E-state index in [4.69, 9.17) is 5.73 Å². The first-order chi connectivity index (χ1) is 7.65. The van der Waals surface area contributed by atoms with Crippen molar-refractivity contribution in [1.29, 1.82) is 0 Å². The number of benzene rings is 1. The van der Waals surface area contributed by atoms with Crippen molar-refractivity contribution in [3.05, 3.63) is 29.8 Å². The van der Waals surface area contributed by atoms with E-state index in [1.165, 1.54) is 18.9 Å². The van der Waals surface area contributed by atoms with Crippen LogP contribution in [0.2, 0.25) is 0 Å². The van der Waals surface area contributed by atoms with Crippen LogP contribution >= 0.6 is 0 Å². The minimum atomic E-state index is -2.78. The van der Waals surface area contributed by atoms with Crippen molar-refractivity contribution < 1.29 is 13.5 Å². The lowest BCUT2D eigenvalue weighted by Gasteiger charge is -2.13. The Morgan fingerprint density at radius 2 is 2.12 bits per heavy atom. The lowest BCUT2D eigenvalue weighted by atomic mass is 10.0. The Labute approximate surface area is 93.4 Å². The Morgan fingerprint density at radius 3 is 2.75 bits per heavy atom. The van der Waals surface area contributed by atoms with Gasteiger partial charge in [-0.3, -0.25) is 0 Å². The van der Waals surface area contributed by atoms with Gasteiger partial charge >= 0.3 is 6.61 Å². The third kappa shape index (κ3) is 3.17. The summed E-state index contributed by atoms with van der Waals surface area (Å²) in [5, 5.41) is 0. The van der Waals surface area contributed by atoms with E-state index in [0.717, 1.165) is 17.9 Å². The van der Waals surface area contributed by atoms with Crippen molar-refractivity contribution in [3.8, 4) is 5.75 Å². The van der Waals surface area contributed by atoms with Crippen molar-refractivity contribution in [2.24, 2.45) is 11.7 Å². The van der Waals surface area contributed by atoms with Crippen LogP contribution in [0.15, 0.2) is 24.3 Å². The fourth-order valence-corrected chi connectivity index (χ4v) is 1.77. The number of halogens is 2. The average Bonchev–Trinajstić information content (AvgIpc) is 3.01. The standard InChI is InChI=1S/C12H15F2NO/c13-12(14)16-10-3-1-2-9(7-10)11(15)6-8-4-5-8/h1-3,7-8,11-12H,4-6,15H2/t11-/m1/s1. The molecule has 0 aliphatic heterocycles. The first-order valence-corrected chi connectivity index (χ1v) is 5.45. The lowest BCUT2D eigenvalue weighted by Crippen LogP contribution is -2.11. The van der Waals surface area contributed by atoms with E-state index in [9.17, 15) is 8.78 Å². The highest BCUT2D eigenvalue weighted by atomic mass is 19.3. The summed E-state index contributed by atoms with van der Waals surface area (Å²) in [6.07, 6.45) is 3.40. The van der Waals surface area contributed by atoms with E-state index in [-0.39, 0.29) is 11.8 Å². The monoisotopic (exact) mass is 227 g/mol. The Hall–Kier alpha value is -1.16. The molecule has 2 nitrogen and oxygen atoms in total. The van der Waals surface area contributed by atoms with Crippen LogP contribution in [0.1, 0.15) is 30.9 Å². The summed E-state index contributed by atoms with van der Waals surface area (Å²) in [4.78, 5) is 0. The fourth-order valence-electron chi connectivity index (χ4n) is 1.77. The molecule has 0 bridgehead atoms. The predicted molar refractivity (Wildman–Crippen MR) is 57.3 cm³/mol. The van der Waals surface area contributed by atoms with Crippen LogP contribution in [0, 0.1) is 5.92 Å². The average molecular weight is 227 g/mol. The molecule has 2 N–H and O–H groups in total. The van der Waals surface area contributed by atoms with Gasteiger partial charge in [-0.15, -0.1) is 0 Å². The van der Waals surface area contributed by atoms with E-state index in [1.807, 2.05) is 6.07 Å². The minimum Gasteiger partial charge on any atom is -0.435 e. The zero-order chi connectivity index (χ0) is 11.5. The molecule has 1 aromatic carbocycles. The molecule has 0 radical (unpaired) electrons. The molecule has 0 spiro atoms. The van der Waals surface area contributed by atoms with Crippen molar-refractivity contribution in [2.75, 3.05) is 0 Å². The molecule has 88 valence electrons. The van der Waals surface area contributed by atoms with Gasteiger partial charge in [0, 0.05) is 6.04 Å². The summed E-state index contributed by atoms with van der Waals surface area (Å²) >= 11 is 0. The zero-order valence-electron chi connectivity index (χ0n) is 8.90. The molecule has 0 heterocycles. The summed E-state index contributed by atoms with van der Waals surface area (Å²) < 4.78 is 28.4. The molecular formula is C12H15F2NO. The summed E-state index contributed by atoms with van der Waals surface area (Å²) in [5.74, 6) is 0.897. The SMILES string of the molecule is N[C@H](CC1CC1)c1cccc(OC(F)F)c1. The molecule has 1 aliphatic rings. The maximum absolute atomic E-state index is 12.0. The Morgan fingerprint density at radius 1 is 1.38 bits per heavy atom. The van der Waals surface area contributed by atoms with Crippen LogP contribution in [0.3, 0.4) is 0 Å². The molecule has 1 fully saturated rings. The summed E-state index contributed by atoms with van der Waals surface area (Å²) in [6.45, 7) is -2.78. The second-order valence-corrected chi connectivity index (χ2v) is 4.24. The van der Waals surface area contributed by atoms with Gasteiger partial charge in [0.05, 0.1) is 0 Å². The molecule has 0 saturated heterocycles. The normalized spacial score (nSPS) is 17.5. The van der Waals surface area contributed by atoms with E-state index in [0.29, 0.717) is 0 Å². The smallest absolute Gasteiger partial charge is 0.387 e. The second kappa shape index (κ2) is 4.78. The number of hydrogen-bond donors (Lipinski definition) is 1. The maximum atomic E-state index is 12.0. The predicted octanol–water partition coefficient (Wildman–Crippen LogP) is 3.09. The Bertz CT molecular complexity index is 353. The largest absolute Gasteiger partial charge is 0.435 e. The molecule has 1 aromatic rings. The highest BCUT2D eigenvalue weighted by Crippen LogP contribution is 2.37. The maximum Gasteiger partial charge on any atom is 0.387 e. The number of nitrogens with two attached hydrogens (primary N) is 1. The van der Waals surface area contributed by atoms with E-state index in [2.05, 4.69) is 4.74 Å². The molecule has 0 unspecified atom stereocenters. The van der Waals surface area contributed by atoms with Crippen molar-refractivity contribution in [3.63, 3.8) is 0 Å². The molecule has 1 aliphatic carbocycles. The van der Waals surface area contributed by atoms with Gasteiger partial charge in [0.25, 0.3) is 0 Å². The van der Waals surface area contributed by atoms with Gasteiger partial charge in [-0.05, 0) is 30.0 Å². The van der Waals surface area contributed by atoms with Gasteiger partial charge in [-0.25, -0.2) is 0 Å². The third-order valence-electron chi connectivity index (χ3n) is 2.80. The van der Waals surface area contributed by atoms with Crippen molar-refractivity contribution in [2.45, 2.75) is 31.9 Å². The van der Waals surface area contributed by atoms with Gasteiger partial charge in [-0.1, -0.05) is 25.0 Å². The van der Waals surface area contributed by atoms with Crippen LogP contribution < -0.4 is 10.5 Å². The van der Waals surface area contributed by atoms with Gasteiger partial charge in [0.2, 0.25) is 0 Å². The zero-order valence-corrected chi connectivity index (χ0v) is 8.90. The minimum absolute atomic E-state index is 0.0753. The molecule has 1 saturated carbocycles. The third-order valence-corrected chi connectivity index (χ3v) is 2.80. The molecule has 16 heavy (non-hydrogen) atoms. The first kappa shape index (κ1) is 11.3. The van der Waals surface area contributed by atoms with Gasteiger partial charge in [0.15, 0.2) is 0 Å². The topological polar surface area (TPSA) is 35.2 Å². The van der Waals surface area contributed by atoms with E-state index < -0.39 is 6.61 Å².